The molecule has 1 N–H and O–H groups in total. The highest BCUT2D eigenvalue weighted by atomic mass is 35.5. The summed E-state index contributed by atoms with van der Waals surface area (Å²) in [5.41, 5.74) is 1.56. The van der Waals surface area contributed by atoms with Crippen LogP contribution in [0.4, 0.5) is 10.5 Å². The molecule has 0 spiro atoms. The quantitative estimate of drug-likeness (QED) is 0.491. The van der Waals surface area contributed by atoms with Gasteiger partial charge in [0.2, 0.25) is 0 Å². The number of ketones is 1. The minimum atomic E-state index is -0.521. The number of halogens is 1. The number of nitrogens with zero attached hydrogens (tertiary/aromatic N) is 2. The summed E-state index contributed by atoms with van der Waals surface area (Å²) in [6, 6.07) is 11.7. The molecule has 0 aliphatic carbocycles. The van der Waals surface area contributed by atoms with E-state index < -0.39 is 17.8 Å². The molecule has 1 aromatic carbocycles. The molecule has 1 aliphatic heterocycles. The van der Waals surface area contributed by atoms with Crippen LogP contribution in [0.1, 0.15) is 22.2 Å². The van der Waals surface area contributed by atoms with Crippen molar-refractivity contribution < 1.29 is 23.9 Å². The molecule has 2 aromatic heterocycles. The number of thiophene rings is 1. The third-order valence-corrected chi connectivity index (χ3v) is 6.49. The Morgan fingerprint density at radius 1 is 1.23 bits per heavy atom. The molecule has 0 radical (unpaired) electrons. The predicted molar refractivity (Wildman–Crippen MR) is 132 cm³/mol. The lowest BCUT2D eigenvalue weighted by Gasteiger charge is -2.17. The van der Waals surface area contributed by atoms with Crippen molar-refractivity contribution >= 4 is 46.4 Å². The molecule has 9 nitrogen and oxygen atoms in total. The van der Waals surface area contributed by atoms with E-state index in [2.05, 4.69) is 5.32 Å². The first-order chi connectivity index (χ1) is 16.7. The number of amides is 2. The minimum absolute atomic E-state index is 0.0732. The molecule has 4 rings (SSSR count). The predicted octanol–water partition coefficient (Wildman–Crippen LogP) is 3.58. The standard InChI is InChI=1S/C24H22ClN3O6S/c1-14-10-16(5-6-18(14)27-9-3-4-19(23(27)31)33-13-15(2)29)28-12-17(34-24(28)32)11-26-22(30)20-7-8-21(25)35-20/h3-10,17H,11-13H2,1-2H3,(H,26,30)/t17-/m0/s1. The van der Waals surface area contributed by atoms with Crippen LogP contribution >= 0.6 is 22.9 Å². The number of benzene rings is 1. The number of ether oxygens (including phenoxy) is 2. The molecule has 35 heavy (non-hydrogen) atoms. The molecule has 1 fully saturated rings. The summed E-state index contributed by atoms with van der Waals surface area (Å²) >= 11 is 7.04. The number of hydrogen-bond donors (Lipinski definition) is 1. The van der Waals surface area contributed by atoms with Crippen molar-refractivity contribution in [2.24, 2.45) is 0 Å². The van der Waals surface area contributed by atoms with Crippen LogP contribution < -0.4 is 20.5 Å². The number of cyclic esters (lactones) is 1. The van der Waals surface area contributed by atoms with Gasteiger partial charge in [-0.05, 0) is 61.9 Å². The van der Waals surface area contributed by atoms with Crippen LogP contribution in [0.3, 0.4) is 0 Å². The smallest absolute Gasteiger partial charge is 0.414 e. The average molecular weight is 516 g/mol. The third-order valence-electron chi connectivity index (χ3n) is 5.26. The Labute approximate surface area is 209 Å². The SMILES string of the molecule is CC(=O)COc1cccn(-c2ccc(N3C[C@H](CNC(=O)c4ccc(Cl)s4)OC3=O)cc2C)c1=O. The van der Waals surface area contributed by atoms with Gasteiger partial charge < -0.3 is 14.8 Å². The van der Waals surface area contributed by atoms with Crippen molar-refractivity contribution in [1.82, 2.24) is 9.88 Å². The summed E-state index contributed by atoms with van der Waals surface area (Å²) in [6.45, 7) is 3.44. The summed E-state index contributed by atoms with van der Waals surface area (Å²) in [7, 11) is 0. The van der Waals surface area contributed by atoms with E-state index in [4.69, 9.17) is 21.1 Å². The van der Waals surface area contributed by atoms with E-state index in [1.165, 1.54) is 33.8 Å². The topological polar surface area (TPSA) is 107 Å². The molecule has 0 bridgehead atoms. The Kier molecular flexibility index (Phi) is 7.23. The fraction of sp³-hybridized carbons (Fsp3) is 0.250. The zero-order valence-electron chi connectivity index (χ0n) is 18.9. The maximum absolute atomic E-state index is 12.8. The molecule has 1 atom stereocenters. The Balaban J connectivity index is 1.45. The zero-order valence-corrected chi connectivity index (χ0v) is 20.5. The second kappa shape index (κ2) is 10.3. The minimum Gasteiger partial charge on any atom is -0.480 e. The van der Waals surface area contributed by atoms with Crippen LogP contribution in [0.5, 0.6) is 5.75 Å². The molecule has 3 aromatic rings. The van der Waals surface area contributed by atoms with Crippen molar-refractivity contribution in [3.63, 3.8) is 0 Å². The first-order valence-electron chi connectivity index (χ1n) is 10.7. The molecule has 0 unspecified atom stereocenters. The van der Waals surface area contributed by atoms with Gasteiger partial charge in [0, 0.05) is 11.9 Å². The van der Waals surface area contributed by atoms with Gasteiger partial charge in [-0.1, -0.05) is 11.6 Å². The van der Waals surface area contributed by atoms with E-state index in [1.54, 1.807) is 42.6 Å². The van der Waals surface area contributed by atoms with Crippen LogP contribution in [-0.4, -0.2) is 48.2 Å². The van der Waals surface area contributed by atoms with Gasteiger partial charge in [-0.25, -0.2) is 4.79 Å². The van der Waals surface area contributed by atoms with Gasteiger partial charge in [0.15, 0.2) is 11.5 Å². The van der Waals surface area contributed by atoms with Crippen molar-refractivity contribution in [2.45, 2.75) is 20.0 Å². The van der Waals surface area contributed by atoms with E-state index >= 15 is 0 Å². The monoisotopic (exact) mass is 515 g/mol. The van der Waals surface area contributed by atoms with Crippen molar-refractivity contribution in [3.05, 3.63) is 73.8 Å². The fourth-order valence-electron chi connectivity index (χ4n) is 3.60. The molecule has 1 saturated heterocycles. The van der Waals surface area contributed by atoms with Crippen molar-refractivity contribution in [3.8, 4) is 11.4 Å². The maximum atomic E-state index is 12.8. The summed E-state index contributed by atoms with van der Waals surface area (Å²) in [6.07, 6.45) is 0.571. The van der Waals surface area contributed by atoms with Gasteiger partial charge in [0.25, 0.3) is 11.5 Å². The lowest BCUT2D eigenvalue weighted by molar-refractivity contribution is -0.118. The van der Waals surface area contributed by atoms with E-state index in [0.717, 1.165) is 5.56 Å². The van der Waals surface area contributed by atoms with Gasteiger partial charge in [-0.3, -0.25) is 23.9 Å². The Bertz CT molecular complexity index is 1350. The third kappa shape index (κ3) is 5.55. The number of anilines is 1. The van der Waals surface area contributed by atoms with Gasteiger partial charge in [0.1, 0.15) is 12.7 Å². The number of carbonyl (C=O) groups excluding carboxylic acids is 3. The zero-order chi connectivity index (χ0) is 25.1. The average Bonchev–Trinajstić information content (AvgIpc) is 3.42. The molecular formula is C24H22ClN3O6S. The fourth-order valence-corrected chi connectivity index (χ4v) is 4.56. The highest BCUT2D eigenvalue weighted by molar-refractivity contribution is 7.18. The number of Topliss-reactive ketones (excluding diaryl/α,β-unsaturated/α-hetero) is 1. The largest absolute Gasteiger partial charge is 0.480 e. The number of hydrogen-bond acceptors (Lipinski definition) is 7. The first-order valence-corrected chi connectivity index (χ1v) is 11.9. The van der Waals surface area contributed by atoms with Crippen LogP contribution in [0.2, 0.25) is 4.34 Å². The van der Waals surface area contributed by atoms with Crippen molar-refractivity contribution in [1.29, 1.82) is 0 Å². The first kappa shape index (κ1) is 24.5. The molecular weight excluding hydrogens is 494 g/mol. The lowest BCUT2D eigenvalue weighted by atomic mass is 10.1. The maximum Gasteiger partial charge on any atom is 0.414 e. The summed E-state index contributed by atoms with van der Waals surface area (Å²) in [4.78, 5) is 50.6. The van der Waals surface area contributed by atoms with Crippen LogP contribution in [0, 0.1) is 6.92 Å². The highest BCUT2D eigenvalue weighted by Gasteiger charge is 2.33. The molecule has 182 valence electrons. The second-order valence-corrected chi connectivity index (χ2v) is 9.65. The number of pyridine rings is 1. The Morgan fingerprint density at radius 2 is 2.03 bits per heavy atom. The molecule has 2 amide bonds. The summed E-state index contributed by atoms with van der Waals surface area (Å²) in [5, 5.41) is 2.76. The van der Waals surface area contributed by atoms with E-state index in [0.29, 0.717) is 20.6 Å². The van der Waals surface area contributed by atoms with Crippen LogP contribution in [0.15, 0.2) is 53.5 Å². The molecule has 0 saturated carbocycles. The summed E-state index contributed by atoms with van der Waals surface area (Å²) in [5.74, 6) is -0.396. The van der Waals surface area contributed by atoms with Gasteiger partial charge >= 0.3 is 6.09 Å². The van der Waals surface area contributed by atoms with Gasteiger partial charge in [-0.2, -0.15) is 0 Å². The van der Waals surface area contributed by atoms with Gasteiger partial charge in [0.05, 0.1) is 28.0 Å². The van der Waals surface area contributed by atoms with Crippen LogP contribution in [0.25, 0.3) is 5.69 Å². The number of rotatable bonds is 8. The van der Waals surface area contributed by atoms with Gasteiger partial charge in [-0.15, -0.1) is 11.3 Å². The highest BCUT2D eigenvalue weighted by Crippen LogP contribution is 2.26. The molecule has 11 heteroatoms. The lowest BCUT2D eigenvalue weighted by Crippen LogP contribution is -2.34. The summed E-state index contributed by atoms with van der Waals surface area (Å²) < 4.78 is 12.7. The van der Waals surface area contributed by atoms with E-state index in [-0.39, 0.29) is 37.1 Å². The Morgan fingerprint density at radius 3 is 2.71 bits per heavy atom. The number of aromatic nitrogens is 1. The number of nitrogens with one attached hydrogen (secondary N) is 1. The number of carbonyl (C=O) groups is 3. The van der Waals surface area contributed by atoms with E-state index in [1.807, 2.05) is 6.92 Å². The molecule has 3 heterocycles. The number of aryl methyl sites for hydroxylation is 1. The second-order valence-electron chi connectivity index (χ2n) is 7.94. The van der Waals surface area contributed by atoms with Crippen LogP contribution in [-0.2, 0) is 9.53 Å². The Hall–Kier alpha value is -3.63. The molecule has 1 aliphatic rings. The normalized spacial score (nSPS) is 15.1. The van der Waals surface area contributed by atoms with E-state index in [9.17, 15) is 19.2 Å². The van der Waals surface area contributed by atoms with Crippen molar-refractivity contribution in [2.75, 3.05) is 24.6 Å².